The van der Waals surface area contributed by atoms with Gasteiger partial charge in [-0.15, -0.1) is 0 Å². The molecule has 0 aliphatic carbocycles. The summed E-state index contributed by atoms with van der Waals surface area (Å²) in [6.45, 7) is 7.00. The molecule has 1 aliphatic rings. The van der Waals surface area contributed by atoms with Gasteiger partial charge in [-0.1, -0.05) is 30.3 Å². The van der Waals surface area contributed by atoms with Crippen LogP contribution in [-0.4, -0.2) is 38.9 Å². The highest BCUT2D eigenvalue weighted by atomic mass is 16.2. The number of nitrogens with one attached hydrogen (secondary N) is 1. The van der Waals surface area contributed by atoms with Crippen LogP contribution in [0.15, 0.2) is 48.5 Å². The fourth-order valence-corrected chi connectivity index (χ4v) is 4.45. The minimum atomic E-state index is -0.342. The molecule has 1 aliphatic heterocycles. The number of aryl methyl sites for hydroxylation is 1. The Kier molecular flexibility index (Phi) is 6.07. The topological polar surface area (TPSA) is 67.2 Å². The van der Waals surface area contributed by atoms with E-state index in [2.05, 4.69) is 12.2 Å². The lowest BCUT2D eigenvalue weighted by Crippen LogP contribution is -2.44. The molecule has 0 bridgehead atoms. The molecule has 6 nitrogen and oxygen atoms in total. The van der Waals surface area contributed by atoms with Gasteiger partial charge in [0, 0.05) is 18.2 Å². The third kappa shape index (κ3) is 4.33. The van der Waals surface area contributed by atoms with E-state index in [4.69, 9.17) is 4.98 Å². The van der Waals surface area contributed by atoms with Crippen molar-refractivity contribution in [2.45, 2.75) is 58.7 Å². The first-order chi connectivity index (χ1) is 15.0. The average Bonchev–Trinajstić information content (AvgIpc) is 3.13. The smallest absolute Gasteiger partial charge is 0.252 e. The van der Waals surface area contributed by atoms with E-state index < -0.39 is 0 Å². The second-order valence-corrected chi connectivity index (χ2v) is 8.49. The third-order valence-corrected chi connectivity index (χ3v) is 6.23. The zero-order valence-corrected chi connectivity index (χ0v) is 18.5. The quantitative estimate of drug-likeness (QED) is 0.674. The molecule has 1 N–H and O–H groups in total. The van der Waals surface area contributed by atoms with Crippen LogP contribution in [0.4, 0.5) is 0 Å². The number of aromatic nitrogens is 2. The van der Waals surface area contributed by atoms with Crippen LogP contribution >= 0.6 is 0 Å². The van der Waals surface area contributed by atoms with Crippen LogP contribution in [0.3, 0.4) is 0 Å². The molecular weight excluding hydrogens is 388 g/mol. The van der Waals surface area contributed by atoms with Gasteiger partial charge in [-0.25, -0.2) is 4.98 Å². The van der Waals surface area contributed by atoms with E-state index in [9.17, 15) is 9.59 Å². The van der Waals surface area contributed by atoms with Crippen LogP contribution in [-0.2, 0) is 11.3 Å². The number of carbonyl (C=O) groups excluding carboxylic acids is 2. The number of carbonyl (C=O) groups is 2. The second kappa shape index (κ2) is 8.92. The summed E-state index contributed by atoms with van der Waals surface area (Å²) in [6, 6.07) is 15.3. The summed E-state index contributed by atoms with van der Waals surface area (Å²) in [5.74, 6) is 0.662. The Balaban J connectivity index is 1.62. The van der Waals surface area contributed by atoms with E-state index in [1.807, 2.05) is 71.8 Å². The lowest BCUT2D eigenvalue weighted by Gasteiger charge is -2.33. The SMILES string of the molecule is Cc1ccccc1C(=O)NC(C)c1nc2ccccc2n1CC(=O)N1CCCCC1C. The number of hydrogen-bond acceptors (Lipinski definition) is 3. The molecule has 1 aromatic heterocycles. The number of hydrogen-bond donors (Lipinski definition) is 1. The lowest BCUT2D eigenvalue weighted by molar-refractivity contribution is -0.135. The van der Waals surface area contributed by atoms with Crippen molar-refractivity contribution < 1.29 is 9.59 Å². The van der Waals surface area contributed by atoms with Crippen molar-refractivity contribution >= 4 is 22.8 Å². The molecule has 1 fully saturated rings. The monoisotopic (exact) mass is 418 g/mol. The molecule has 2 amide bonds. The molecule has 4 rings (SSSR count). The highest BCUT2D eigenvalue weighted by Gasteiger charge is 2.26. The van der Waals surface area contributed by atoms with Crippen molar-refractivity contribution in [3.05, 3.63) is 65.5 Å². The van der Waals surface area contributed by atoms with Gasteiger partial charge in [0.05, 0.1) is 17.1 Å². The third-order valence-electron chi connectivity index (χ3n) is 6.23. The van der Waals surface area contributed by atoms with E-state index in [1.54, 1.807) is 0 Å². The predicted octanol–water partition coefficient (Wildman–Crippen LogP) is 4.24. The Morgan fingerprint density at radius 2 is 1.87 bits per heavy atom. The summed E-state index contributed by atoms with van der Waals surface area (Å²) in [5, 5.41) is 3.07. The van der Waals surface area contributed by atoms with Crippen molar-refractivity contribution in [1.29, 1.82) is 0 Å². The van der Waals surface area contributed by atoms with Gasteiger partial charge in [-0.2, -0.15) is 0 Å². The zero-order chi connectivity index (χ0) is 22.0. The van der Waals surface area contributed by atoms with Crippen molar-refractivity contribution in [2.75, 3.05) is 6.54 Å². The Bertz CT molecular complexity index is 1100. The van der Waals surface area contributed by atoms with Crippen LogP contribution in [0.5, 0.6) is 0 Å². The normalized spacial score (nSPS) is 17.5. The minimum absolute atomic E-state index is 0.106. The van der Waals surface area contributed by atoms with Crippen LogP contribution in [0.2, 0.25) is 0 Å². The molecule has 2 unspecified atom stereocenters. The van der Waals surface area contributed by atoms with Gasteiger partial charge in [0.15, 0.2) is 0 Å². The molecule has 2 heterocycles. The van der Waals surface area contributed by atoms with E-state index in [-0.39, 0.29) is 30.4 Å². The number of imidazole rings is 1. The number of nitrogens with zero attached hydrogens (tertiary/aromatic N) is 3. The highest BCUT2D eigenvalue weighted by Crippen LogP contribution is 2.23. The fourth-order valence-electron chi connectivity index (χ4n) is 4.45. The number of para-hydroxylation sites is 2. The van der Waals surface area contributed by atoms with Crippen molar-refractivity contribution in [3.8, 4) is 0 Å². The highest BCUT2D eigenvalue weighted by molar-refractivity contribution is 5.95. The van der Waals surface area contributed by atoms with Gasteiger partial charge in [-0.05, 0) is 63.8 Å². The average molecular weight is 419 g/mol. The number of amides is 2. The minimum Gasteiger partial charge on any atom is -0.342 e. The first-order valence-electron chi connectivity index (χ1n) is 11.1. The molecule has 3 aromatic rings. The Labute approximate surface area is 183 Å². The van der Waals surface area contributed by atoms with Gasteiger partial charge in [0.25, 0.3) is 5.91 Å². The maximum absolute atomic E-state index is 13.2. The van der Waals surface area contributed by atoms with Crippen LogP contribution in [0.25, 0.3) is 11.0 Å². The zero-order valence-electron chi connectivity index (χ0n) is 18.5. The van der Waals surface area contributed by atoms with Gasteiger partial charge >= 0.3 is 0 Å². The first-order valence-corrected chi connectivity index (χ1v) is 11.1. The Morgan fingerprint density at radius 3 is 2.65 bits per heavy atom. The lowest BCUT2D eigenvalue weighted by atomic mass is 10.0. The summed E-state index contributed by atoms with van der Waals surface area (Å²) in [6.07, 6.45) is 3.27. The molecule has 1 saturated heterocycles. The molecule has 2 atom stereocenters. The van der Waals surface area contributed by atoms with Crippen molar-refractivity contribution in [2.24, 2.45) is 0 Å². The molecule has 31 heavy (non-hydrogen) atoms. The summed E-state index contributed by atoms with van der Waals surface area (Å²) in [4.78, 5) is 32.8. The molecule has 0 saturated carbocycles. The second-order valence-electron chi connectivity index (χ2n) is 8.49. The maximum atomic E-state index is 13.2. The molecule has 0 radical (unpaired) electrons. The summed E-state index contributed by atoms with van der Waals surface area (Å²) < 4.78 is 1.96. The number of piperidine rings is 1. The fraction of sp³-hybridized carbons (Fsp3) is 0.400. The van der Waals surface area contributed by atoms with Crippen LogP contribution in [0, 0.1) is 6.92 Å². The van der Waals surface area contributed by atoms with Crippen molar-refractivity contribution in [1.82, 2.24) is 19.8 Å². The van der Waals surface area contributed by atoms with Crippen molar-refractivity contribution in [3.63, 3.8) is 0 Å². The molecule has 2 aromatic carbocycles. The van der Waals surface area contributed by atoms with Gasteiger partial charge in [-0.3, -0.25) is 9.59 Å². The Hall–Kier alpha value is -3.15. The van der Waals surface area contributed by atoms with E-state index in [0.29, 0.717) is 11.4 Å². The predicted molar refractivity (Wildman–Crippen MR) is 122 cm³/mol. The molecule has 6 heteroatoms. The summed E-state index contributed by atoms with van der Waals surface area (Å²) in [7, 11) is 0. The number of fused-ring (bicyclic) bond motifs is 1. The van der Waals surface area contributed by atoms with Crippen LogP contribution in [0.1, 0.15) is 60.9 Å². The van der Waals surface area contributed by atoms with Gasteiger partial charge < -0.3 is 14.8 Å². The maximum Gasteiger partial charge on any atom is 0.252 e. The molecular formula is C25H30N4O2. The Morgan fingerprint density at radius 1 is 1.13 bits per heavy atom. The van der Waals surface area contributed by atoms with E-state index in [1.165, 1.54) is 6.42 Å². The number of likely N-dealkylation sites (tertiary alicyclic amines) is 1. The van der Waals surface area contributed by atoms with Gasteiger partial charge in [0.2, 0.25) is 5.91 Å². The summed E-state index contributed by atoms with van der Waals surface area (Å²) in [5.41, 5.74) is 3.31. The number of rotatable bonds is 5. The van der Waals surface area contributed by atoms with E-state index in [0.717, 1.165) is 36.0 Å². The largest absolute Gasteiger partial charge is 0.342 e. The molecule has 0 spiro atoms. The standard InChI is InChI=1S/C25H30N4O2/c1-17-10-4-5-12-20(17)25(31)26-19(3)24-27-21-13-6-7-14-22(21)29(24)16-23(30)28-15-9-8-11-18(28)2/h4-7,10,12-14,18-19H,8-9,11,15-16H2,1-3H3,(H,26,31). The van der Waals surface area contributed by atoms with Gasteiger partial charge in [0.1, 0.15) is 12.4 Å². The number of benzene rings is 2. The molecule has 162 valence electrons. The van der Waals surface area contributed by atoms with E-state index >= 15 is 0 Å². The first kappa shape index (κ1) is 21.1. The summed E-state index contributed by atoms with van der Waals surface area (Å²) >= 11 is 0. The van der Waals surface area contributed by atoms with Crippen LogP contribution < -0.4 is 5.32 Å².